The Kier molecular flexibility index (Phi) is 8.19. The summed E-state index contributed by atoms with van der Waals surface area (Å²) < 4.78 is 18.0. The van der Waals surface area contributed by atoms with E-state index in [0.29, 0.717) is 19.8 Å². The predicted molar refractivity (Wildman–Crippen MR) is 120 cm³/mol. The van der Waals surface area contributed by atoms with Gasteiger partial charge in [-0.2, -0.15) is 0 Å². The van der Waals surface area contributed by atoms with Crippen LogP contribution in [0.4, 0.5) is 0 Å². The lowest BCUT2D eigenvalue weighted by atomic mass is 10.00. The van der Waals surface area contributed by atoms with Crippen LogP contribution in [0, 0.1) is 0 Å². The molecule has 0 amide bonds. The summed E-state index contributed by atoms with van der Waals surface area (Å²) in [6, 6.07) is 17.1. The van der Waals surface area contributed by atoms with Crippen LogP contribution in [0.15, 0.2) is 55.1 Å². The molecule has 5 heteroatoms. The van der Waals surface area contributed by atoms with E-state index >= 15 is 0 Å². The second-order valence-electron chi connectivity index (χ2n) is 6.69. The molecular formula is C22H32O3Si2. The van der Waals surface area contributed by atoms with Gasteiger partial charge in [-0.05, 0) is 37.5 Å². The lowest BCUT2D eigenvalue weighted by Gasteiger charge is -2.28. The van der Waals surface area contributed by atoms with Gasteiger partial charge in [-0.3, -0.25) is 0 Å². The normalized spacial score (nSPS) is 11.8. The fourth-order valence-corrected chi connectivity index (χ4v) is 6.48. The number of hydrogen-bond acceptors (Lipinski definition) is 3. The van der Waals surface area contributed by atoms with Gasteiger partial charge >= 0.3 is 8.80 Å². The van der Waals surface area contributed by atoms with E-state index in [0.717, 1.165) is 21.9 Å². The Labute approximate surface area is 167 Å². The molecule has 2 rings (SSSR count). The van der Waals surface area contributed by atoms with Crippen molar-refractivity contribution in [3.05, 3.63) is 66.2 Å². The second kappa shape index (κ2) is 10.2. The second-order valence-corrected chi connectivity index (χ2v) is 12.2. The summed E-state index contributed by atoms with van der Waals surface area (Å²) in [6.45, 7) is 16.6. The number of rotatable bonds is 10. The Bertz CT molecular complexity index is 707. The molecule has 3 nitrogen and oxygen atoms in total. The predicted octanol–water partition coefficient (Wildman–Crippen LogP) is 3.70. The molecule has 0 bridgehead atoms. The third-order valence-corrected chi connectivity index (χ3v) is 9.28. The lowest BCUT2D eigenvalue weighted by molar-refractivity contribution is 0.0859. The summed E-state index contributed by atoms with van der Waals surface area (Å²) >= 11 is 0. The molecule has 146 valence electrons. The molecule has 0 aliphatic rings. The molecule has 0 fully saturated rings. The molecule has 0 N–H and O–H groups in total. The smallest absolute Gasteiger partial charge is 0.370 e. The molecule has 0 aliphatic heterocycles. The van der Waals surface area contributed by atoms with E-state index in [1.54, 1.807) is 0 Å². The summed E-state index contributed by atoms with van der Waals surface area (Å²) in [5.41, 5.74) is 3.28. The van der Waals surface area contributed by atoms with Crippen LogP contribution in [0.1, 0.15) is 31.9 Å². The number of benzene rings is 2. The molecule has 2 aromatic rings. The highest BCUT2D eigenvalue weighted by molar-refractivity contribution is 6.75. The van der Waals surface area contributed by atoms with E-state index in [1.807, 2.05) is 20.8 Å². The molecular weight excluding hydrogens is 368 g/mol. The van der Waals surface area contributed by atoms with Gasteiger partial charge in [0.25, 0.3) is 0 Å². The van der Waals surface area contributed by atoms with Gasteiger partial charge in [-0.15, -0.1) is 0 Å². The SMILES string of the molecule is C=C(c1ccc([SiH](C)C)cc1)c1ccc([Si](OCC)(OCC)OCC)cc1. The zero-order valence-corrected chi connectivity index (χ0v) is 19.4. The van der Waals surface area contributed by atoms with E-state index in [9.17, 15) is 0 Å². The summed E-state index contributed by atoms with van der Waals surface area (Å²) in [6.07, 6.45) is 0. The molecule has 0 heterocycles. The Balaban J connectivity index is 2.27. The van der Waals surface area contributed by atoms with E-state index in [2.05, 4.69) is 68.2 Å². The number of hydrogen-bond donors (Lipinski definition) is 0. The van der Waals surface area contributed by atoms with E-state index in [4.69, 9.17) is 13.3 Å². The van der Waals surface area contributed by atoms with Crippen LogP contribution in [-0.4, -0.2) is 37.4 Å². The van der Waals surface area contributed by atoms with Gasteiger partial charge in [0.15, 0.2) is 0 Å². The first-order valence-corrected chi connectivity index (χ1v) is 14.4. The van der Waals surface area contributed by atoms with Crippen LogP contribution >= 0.6 is 0 Å². The van der Waals surface area contributed by atoms with Crippen molar-refractivity contribution in [3.8, 4) is 0 Å². The molecule has 0 atom stereocenters. The maximum atomic E-state index is 5.99. The van der Waals surface area contributed by atoms with Crippen molar-refractivity contribution < 1.29 is 13.3 Å². The molecule has 0 unspecified atom stereocenters. The third-order valence-electron chi connectivity index (χ3n) is 4.52. The van der Waals surface area contributed by atoms with Crippen molar-refractivity contribution in [1.29, 1.82) is 0 Å². The Hall–Kier alpha value is -1.51. The van der Waals surface area contributed by atoms with Crippen molar-refractivity contribution in [2.45, 2.75) is 33.9 Å². The quantitative estimate of drug-likeness (QED) is 0.569. The molecule has 0 spiro atoms. The fraction of sp³-hybridized carbons (Fsp3) is 0.364. The fourth-order valence-electron chi connectivity index (χ4n) is 3.06. The Morgan fingerprint density at radius 1 is 0.778 bits per heavy atom. The Morgan fingerprint density at radius 3 is 1.56 bits per heavy atom. The summed E-state index contributed by atoms with van der Waals surface area (Å²) in [7, 11) is -3.62. The standard InChI is InChI=1S/C22H32O3Si2/c1-7-23-27(24-8-2,25-9-3)22-16-12-20(13-17-22)18(4)19-10-14-21(15-11-19)26(5)6/h10-17,26H,4,7-9H2,1-3,5-6H3. The molecule has 0 aliphatic carbocycles. The lowest BCUT2D eigenvalue weighted by Crippen LogP contribution is -2.56. The minimum Gasteiger partial charge on any atom is -0.370 e. The highest BCUT2D eigenvalue weighted by Crippen LogP contribution is 2.21. The van der Waals surface area contributed by atoms with Crippen molar-refractivity contribution in [2.24, 2.45) is 0 Å². The van der Waals surface area contributed by atoms with Crippen LogP contribution in [0.5, 0.6) is 0 Å². The monoisotopic (exact) mass is 400 g/mol. The molecule has 0 aromatic heterocycles. The van der Waals surface area contributed by atoms with Crippen LogP contribution in [0.3, 0.4) is 0 Å². The first-order chi connectivity index (χ1) is 13.0. The van der Waals surface area contributed by atoms with Gasteiger partial charge < -0.3 is 13.3 Å². The van der Waals surface area contributed by atoms with Gasteiger partial charge in [0.1, 0.15) is 0 Å². The molecule has 0 saturated carbocycles. The molecule has 2 aromatic carbocycles. The molecule has 27 heavy (non-hydrogen) atoms. The van der Waals surface area contributed by atoms with Gasteiger partial charge in [0, 0.05) is 25.0 Å². The molecule has 0 radical (unpaired) electrons. The maximum absolute atomic E-state index is 5.99. The maximum Gasteiger partial charge on any atom is 0.537 e. The minimum absolute atomic E-state index is 0.562. The van der Waals surface area contributed by atoms with Crippen LogP contribution < -0.4 is 10.4 Å². The summed E-state index contributed by atoms with van der Waals surface area (Å²) in [5, 5.41) is 2.47. The van der Waals surface area contributed by atoms with Crippen LogP contribution in [-0.2, 0) is 13.3 Å². The third kappa shape index (κ3) is 5.27. The van der Waals surface area contributed by atoms with E-state index in [-0.39, 0.29) is 0 Å². The topological polar surface area (TPSA) is 27.7 Å². The van der Waals surface area contributed by atoms with Gasteiger partial charge in [0.2, 0.25) is 0 Å². The highest BCUT2D eigenvalue weighted by Gasteiger charge is 2.43. The largest absolute Gasteiger partial charge is 0.537 e. The highest BCUT2D eigenvalue weighted by atomic mass is 28.4. The zero-order chi connectivity index (χ0) is 19.9. The molecule has 0 saturated heterocycles. The summed E-state index contributed by atoms with van der Waals surface area (Å²) in [5.74, 6) is 0. The van der Waals surface area contributed by atoms with E-state index in [1.165, 1.54) is 5.19 Å². The van der Waals surface area contributed by atoms with Crippen LogP contribution in [0.25, 0.3) is 5.57 Å². The summed E-state index contributed by atoms with van der Waals surface area (Å²) in [4.78, 5) is 0. The van der Waals surface area contributed by atoms with E-state index < -0.39 is 17.6 Å². The van der Waals surface area contributed by atoms with Crippen molar-refractivity contribution in [1.82, 2.24) is 0 Å². The van der Waals surface area contributed by atoms with Gasteiger partial charge in [-0.1, -0.05) is 73.4 Å². The first-order valence-electron chi connectivity index (χ1n) is 9.79. The van der Waals surface area contributed by atoms with Crippen molar-refractivity contribution in [2.75, 3.05) is 19.8 Å². The van der Waals surface area contributed by atoms with Gasteiger partial charge in [0.05, 0.1) is 8.80 Å². The van der Waals surface area contributed by atoms with Crippen molar-refractivity contribution >= 4 is 33.5 Å². The van der Waals surface area contributed by atoms with Crippen LogP contribution in [0.2, 0.25) is 13.1 Å². The average Bonchev–Trinajstić information content (AvgIpc) is 2.68. The van der Waals surface area contributed by atoms with Gasteiger partial charge in [-0.25, -0.2) is 0 Å². The van der Waals surface area contributed by atoms with Crippen molar-refractivity contribution in [3.63, 3.8) is 0 Å². The first kappa shape index (κ1) is 21.8. The average molecular weight is 401 g/mol. The Morgan fingerprint density at radius 2 is 1.19 bits per heavy atom. The zero-order valence-electron chi connectivity index (χ0n) is 17.2. The minimum atomic E-state index is -2.85.